The molecule has 0 aromatic carbocycles. The van der Waals surface area contributed by atoms with Crippen LogP contribution in [0.4, 0.5) is 0 Å². The lowest BCUT2D eigenvalue weighted by atomic mass is 10.2. The van der Waals surface area contributed by atoms with Crippen LogP contribution < -0.4 is 10.6 Å². The number of rotatable bonds is 4. The molecule has 1 atom stereocenters. The molecule has 1 aromatic heterocycles. The Kier molecular flexibility index (Phi) is 9.82. The van der Waals surface area contributed by atoms with Gasteiger partial charge in [0, 0.05) is 41.6 Å². The van der Waals surface area contributed by atoms with Gasteiger partial charge in [0.1, 0.15) is 0 Å². The maximum Gasteiger partial charge on any atom is 0.221 e. The van der Waals surface area contributed by atoms with E-state index < -0.39 is 0 Å². The van der Waals surface area contributed by atoms with Crippen LogP contribution in [0.3, 0.4) is 0 Å². The molecule has 110 valence electrons. The van der Waals surface area contributed by atoms with Crippen molar-refractivity contribution >= 4 is 53.8 Å². The summed E-state index contributed by atoms with van der Waals surface area (Å²) < 4.78 is 0. The van der Waals surface area contributed by atoms with E-state index in [1.54, 1.807) is 11.3 Å². The normalized spacial score (nSPS) is 18.1. The van der Waals surface area contributed by atoms with Crippen LogP contribution in [-0.4, -0.2) is 35.0 Å². The lowest BCUT2D eigenvalue weighted by Gasteiger charge is -2.22. The van der Waals surface area contributed by atoms with Gasteiger partial charge in [-0.05, 0) is 6.92 Å². The fourth-order valence-corrected chi connectivity index (χ4v) is 3.40. The topological polar surface area (TPSA) is 54.0 Å². The maximum atomic E-state index is 11.7. The second-order valence-corrected chi connectivity index (χ2v) is 6.52. The van der Waals surface area contributed by atoms with Crippen LogP contribution in [0.2, 0.25) is 0 Å². The predicted molar refractivity (Wildman–Crippen MR) is 86.9 cm³/mol. The van der Waals surface area contributed by atoms with E-state index in [1.165, 1.54) is 0 Å². The minimum Gasteiger partial charge on any atom is -0.351 e. The van der Waals surface area contributed by atoms with E-state index in [2.05, 4.69) is 15.6 Å². The Hall–Kier alpha value is -0.0100. The molecule has 19 heavy (non-hydrogen) atoms. The zero-order valence-electron chi connectivity index (χ0n) is 10.7. The number of nitrogens with zero attached hydrogens (tertiary/aromatic N) is 1. The first kappa shape index (κ1) is 19.0. The summed E-state index contributed by atoms with van der Waals surface area (Å²) in [6.07, 6.45) is 2.40. The second kappa shape index (κ2) is 9.83. The van der Waals surface area contributed by atoms with Gasteiger partial charge in [-0.3, -0.25) is 4.79 Å². The Labute approximate surface area is 134 Å². The summed E-state index contributed by atoms with van der Waals surface area (Å²) in [6.45, 7) is 3.58. The van der Waals surface area contributed by atoms with Crippen LogP contribution in [-0.2, 0) is 11.3 Å². The molecule has 0 radical (unpaired) electrons. The highest BCUT2D eigenvalue weighted by atomic mass is 35.5. The highest BCUT2D eigenvalue weighted by molar-refractivity contribution is 7.99. The molecular weight excluding hydrogens is 325 g/mol. The van der Waals surface area contributed by atoms with Gasteiger partial charge < -0.3 is 10.6 Å². The van der Waals surface area contributed by atoms with E-state index >= 15 is 0 Å². The number of carbonyl (C=O) groups excluding carboxylic acids is 1. The van der Waals surface area contributed by atoms with Crippen molar-refractivity contribution in [3.63, 3.8) is 0 Å². The second-order valence-electron chi connectivity index (χ2n) is 4.05. The van der Waals surface area contributed by atoms with Crippen molar-refractivity contribution in [3.05, 3.63) is 16.1 Å². The summed E-state index contributed by atoms with van der Waals surface area (Å²) >= 11 is 3.54. The van der Waals surface area contributed by atoms with E-state index in [9.17, 15) is 4.79 Å². The first-order valence-corrected chi connectivity index (χ1v) is 7.70. The van der Waals surface area contributed by atoms with Crippen molar-refractivity contribution in [2.75, 3.05) is 18.1 Å². The van der Waals surface area contributed by atoms with Crippen LogP contribution in [0.25, 0.3) is 0 Å². The number of halogens is 2. The summed E-state index contributed by atoms with van der Waals surface area (Å²) in [6, 6.07) is 0.331. The van der Waals surface area contributed by atoms with Crippen molar-refractivity contribution in [1.82, 2.24) is 15.6 Å². The van der Waals surface area contributed by atoms with E-state index in [-0.39, 0.29) is 30.7 Å². The van der Waals surface area contributed by atoms with E-state index in [1.807, 2.05) is 24.9 Å². The third-order valence-electron chi connectivity index (χ3n) is 2.56. The van der Waals surface area contributed by atoms with Crippen molar-refractivity contribution in [2.45, 2.75) is 25.9 Å². The zero-order chi connectivity index (χ0) is 12.1. The molecule has 0 spiro atoms. The van der Waals surface area contributed by atoms with Gasteiger partial charge in [-0.25, -0.2) is 4.98 Å². The van der Waals surface area contributed by atoms with E-state index in [0.29, 0.717) is 19.0 Å². The highest BCUT2D eigenvalue weighted by Gasteiger charge is 2.16. The lowest BCUT2D eigenvalue weighted by Crippen LogP contribution is -2.41. The largest absolute Gasteiger partial charge is 0.351 e. The molecule has 4 nitrogen and oxygen atoms in total. The van der Waals surface area contributed by atoms with E-state index in [0.717, 1.165) is 27.9 Å². The fourth-order valence-electron chi connectivity index (χ4n) is 1.72. The molecule has 0 bridgehead atoms. The standard InChI is InChI=1S/C11H17N3OS2.2ClH/c1-8-13-5-10(17-8)6-14-11(15)4-9-7-16-3-2-12-9;;/h5,9,12H,2-4,6-7H2,1H3,(H,14,15);2*1H. The van der Waals surface area contributed by atoms with Crippen LogP contribution in [0.5, 0.6) is 0 Å². The summed E-state index contributed by atoms with van der Waals surface area (Å²) in [5.74, 6) is 2.31. The van der Waals surface area contributed by atoms with Gasteiger partial charge in [0.05, 0.1) is 11.6 Å². The molecular formula is C11H19Cl2N3OS2. The first-order valence-electron chi connectivity index (χ1n) is 5.73. The molecule has 2 heterocycles. The third kappa shape index (κ3) is 6.81. The van der Waals surface area contributed by atoms with Crippen LogP contribution >= 0.6 is 47.9 Å². The number of hydrogen-bond donors (Lipinski definition) is 2. The molecule has 1 aromatic rings. The Balaban J connectivity index is 0.00000162. The van der Waals surface area contributed by atoms with Crippen molar-refractivity contribution < 1.29 is 4.79 Å². The van der Waals surface area contributed by atoms with Gasteiger partial charge in [-0.2, -0.15) is 11.8 Å². The first-order chi connectivity index (χ1) is 8.24. The molecule has 1 fully saturated rings. The average Bonchev–Trinajstić information content (AvgIpc) is 2.74. The molecule has 1 aliphatic rings. The Morgan fingerprint density at radius 1 is 1.58 bits per heavy atom. The molecule has 0 aliphatic carbocycles. The van der Waals surface area contributed by atoms with Gasteiger partial charge in [0.25, 0.3) is 0 Å². The number of aryl methyl sites for hydroxylation is 1. The van der Waals surface area contributed by atoms with Gasteiger partial charge in [-0.1, -0.05) is 0 Å². The zero-order valence-corrected chi connectivity index (χ0v) is 13.9. The van der Waals surface area contributed by atoms with Gasteiger partial charge in [0.15, 0.2) is 0 Å². The number of carbonyl (C=O) groups is 1. The maximum absolute atomic E-state index is 11.7. The van der Waals surface area contributed by atoms with Crippen LogP contribution in [0, 0.1) is 6.92 Å². The summed E-state index contributed by atoms with van der Waals surface area (Å²) in [5, 5.41) is 7.34. The summed E-state index contributed by atoms with van der Waals surface area (Å²) in [5.41, 5.74) is 0. The average molecular weight is 344 g/mol. The number of hydrogen-bond acceptors (Lipinski definition) is 5. The third-order valence-corrected chi connectivity index (χ3v) is 4.60. The van der Waals surface area contributed by atoms with Crippen molar-refractivity contribution in [2.24, 2.45) is 0 Å². The Morgan fingerprint density at radius 2 is 2.37 bits per heavy atom. The number of thioether (sulfide) groups is 1. The number of aromatic nitrogens is 1. The van der Waals surface area contributed by atoms with Gasteiger partial charge in [-0.15, -0.1) is 36.2 Å². The molecule has 1 amide bonds. The minimum atomic E-state index is 0. The van der Waals surface area contributed by atoms with Gasteiger partial charge >= 0.3 is 0 Å². The van der Waals surface area contributed by atoms with Crippen molar-refractivity contribution in [1.29, 1.82) is 0 Å². The quantitative estimate of drug-likeness (QED) is 0.877. The predicted octanol–water partition coefficient (Wildman–Crippen LogP) is 2.01. The SMILES string of the molecule is Cc1ncc(CNC(=O)CC2CSCCN2)s1.Cl.Cl. The molecule has 1 saturated heterocycles. The fraction of sp³-hybridized carbons (Fsp3) is 0.636. The lowest BCUT2D eigenvalue weighted by molar-refractivity contribution is -0.121. The monoisotopic (exact) mass is 343 g/mol. The smallest absolute Gasteiger partial charge is 0.221 e. The number of amides is 1. The molecule has 2 rings (SSSR count). The summed E-state index contributed by atoms with van der Waals surface area (Å²) in [4.78, 5) is 17.0. The van der Waals surface area contributed by atoms with Crippen LogP contribution in [0.1, 0.15) is 16.3 Å². The minimum absolute atomic E-state index is 0. The molecule has 2 N–H and O–H groups in total. The number of nitrogens with one attached hydrogen (secondary N) is 2. The Bertz CT molecular complexity index is 384. The number of thiazole rings is 1. The molecule has 1 unspecified atom stereocenters. The summed E-state index contributed by atoms with van der Waals surface area (Å²) in [7, 11) is 0. The van der Waals surface area contributed by atoms with E-state index in [4.69, 9.17) is 0 Å². The van der Waals surface area contributed by atoms with Crippen molar-refractivity contribution in [3.8, 4) is 0 Å². The highest BCUT2D eigenvalue weighted by Crippen LogP contribution is 2.12. The Morgan fingerprint density at radius 3 is 2.95 bits per heavy atom. The molecule has 1 aliphatic heterocycles. The van der Waals surface area contributed by atoms with Crippen LogP contribution in [0.15, 0.2) is 6.20 Å². The van der Waals surface area contributed by atoms with Gasteiger partial charge in [0.2, 0.25) is 5.91 Å². The molecule has 0 saturated carbocycles. The molecule has 8 heteroatoms.